The van der Waals surface area contributed by atoms with Crippen molar-refractivity contribution in [2.45, 2.75) is 29.1 Å². The molecule has 0 heterocycles. The van der Waals surface area contributed by atoms with Crippen molar-refractivity contribution in [3.63, 3.8) is 0 Å². The van der Waals surface area contributed by atoms with Gasteiger partial charge in [0, 0.05) is 10.1 Å². The van der Waals surface area contributed by atoms with Crippen molar-refractivity contribution in [1.82, 2.24) is 0 Å². The Morgan fingerprint density at radius 2 is 1.92 bits per heavy atom. The zero-order chi connectivity index (χ0) is 8.39. The van der Waals surface area contributed by atoms with Gasteiger partial charge in [0.2, 0.25) is 0 Å². The summed E-state index contributed by atoms with van der Waals surface area (Å²) < 4.78 is 0. The highest BCUT2D eigenvalue weighted by Gasteiger charge is 2.29. The minimum Gasteiger partial charge on any atom is -0.392 e. The van der Waals surface area contributed by atoms with Crippen molar-refractivity contribution in [2.24, 2.45) is 0 Å². The van der Waals surface area contributed by atoms with Gasteiger partial charge in [0.15, 0.2) is 0 Å². The molecule has 2 rings (SSSR count). The van der Waals surface area contributed by atoms with Crippen molar-refractivity contribution in [3.05, 3.63) is 30.3 Å². The van der Waals surface area contributed by atoms with Crippen LogP contribution in [0.5, 0.6) is 0 Å². The molecule has 0 unspecified atom stereocenters. The average molecular weight is 180 g/mol. The first-order chi connectivity index (χ1) is 5.86. The summed E-state index contributed by atoms with van der Waals surface area (Å²) in [5, 5.41) is 9.79. The van der Waals surface area contributed by atoms with Crippen molar-refractivity contribution < 1.29 is 5.11 Å². The Morgan fingerprint density at radius 3 is 2.42 bits per heavy atom. The number of rotatable bonds is 2. The monoisotopic (exact) mass is 180 g/mol. The molecule has 0 aliphatic heterocycles. The number of hydrogen-bond donors (Lipinski definition) is 1. The predicted molar refractivity (Wildman–Crippen MR) is 51.3 cm³/mol. The Bertz CT molecular complexity index is 247. The lowest BCUT2D eigenvalue weighted by atomic mass is 9.96. The molecule has 1 aliphatic rings. The van der Waals surface area contributed by atoms with Crippen LogP contribution >= 0.6 is 11.8 Å². The molecule has 0 amide bonds. The molecule has 1 aromatic rings. The number of hydrogen-bond acceptors (Lipinski definition) is 2. The summed E-state index contributed by atoms with van der Waals surface area (Å²) in [5.41, 5.74) is 0. The zero-order valence-corrected chi connectivity index (χ0v) is 7.63. The lowest BCUT2D eigenvalue weighted by Crippen LogP contribution is -2.33. The largest absolute Gasteiger partial charge is 0.392 e. The van der Waals surface area contributed by atoms with Gasteiger partial charge in [0.25, 0.3) is 0 Å². The zero-order valence-electron chi connectivity index (χ0n) is 6.81. The third-order valence-corrected chi connectivity index (χ3v) is 3.60. The van der Waals surface area contributed by atoms with Crippen molar-refractivity contribution in [2.75, 3.05) is 0 Å². The van der Waals surface area contributed by atoms with Crippen molar-refractivity contribution in [1.29, 1.82) is 0 Å². The molecular formula is C10H12OS. The quantitative estimate of drug-likeness (QED) is 0.753. The van der Waals surface area contributed by atoms with Gasteiger partial charge in [-0.25, -0.2) is 0 Å². The molecular weight excluding hydrogens is 168 g/mol. The second-order valence-corrected chi connectivity index (χ2v) is 4.43. The summed E-state index contributed by atoms with van der Waals surface area (Å²) in [6.45, 7) is 0. The highest BCUT2D eigenvalue weighted by Crippen LogP contribution is 2.36. The van der Waals surface area contributed by atoms with Crippen LogP contribution in [0, 0.1) is 0 Å². The van der Waals surface area contributed by atoms with Crippen molar-refractivity contribution in [3.8, 4) is 0 Å². The summed E-state index contributed by atoms with van der Waals surface area (Å²) in [6, 6.07) is 10.3. The highest BCUT2D eigenvalue weighted by atomic mass is 32.2. The van der Waals surface area contributed by atoms with Gasteiger partial charge in [-0.2, -0.15) is 0 Å². The lowest BCUT2D eigenvalue weighted by Gasteiger charge is -2.31. The van der Waals surface area contributed by atoms with Gasteiger partial charge in [0.05, 0.1) is 6.10 Å². The van der Waals surface area contributed by atoms with Gasteiger partial charge in [-0.05, 0) is 25.0 Å². The van der Waals surface area contributed by atoms with Gasteiger partial charge < -0.3 is 5.11 Å². The average Bonchev–Trinajstić information content (AvgIpc) is 2.14. The van der Waals surface area contributed by atoms with Crippen molar-refractivity contribution >= 4 is 11.8 Å². The third kappa shape index (κ3) is 1.65. The Balaban J connectivity index is 1.95. The standard InChI is InChI=1S/C10H12OS/c11-9-6-7-10(9)12-8-4-2-1-3-5-8/h1-5,9-11H,6-7H2/t9-,10-/m1/s1. The lowest BCUT2D eigenvalue weighted by molar-refractivity contribution is 0.103. The number of thioether (sulfide) groups is 1. The Morgan fingerprint density at radius 1 is 1.17 bits per heavy atom. The fourth-order valence-corrected chi connectivity index (χ4v) is 2.47. The molecule has 1 fully saturated rings. The summed E-state index contributed by atoms with van der Waals surface area (Å²) in [7, 11) is 0. The summed E-state index contributed by atoms with van der Waals surface area (Å²) in [4.78, 5) is 1.27. The highest BCUT2D eigenvalue weighted by molar-refractivity contribution is 8.00. The SMILES string of the molecule is O[C@@H]1CC[C@H]1Sc1ccccc1. The molecule has 2 heteroatoms. The van der Waals surface area contributed by atoms with Gasteiger partial charge >= 0.3 is 0 Å². The first-order valence-electron chi connectivity index (χ1n) is 4.26. The van der Waals surface area contributed by atoms with Crippen LogP contribution in [0.15, 0.2) is 35.2 Å². The number of benzene rings is 1. The molecule has 64 valence electrons. The molecule has 0 spiro atoms. The maximum Gasteiger partial charge on any atom is 0.0662 e. The van der Waals surface area contributed by atoms with E-state index < -0.39 is 0 Å². The first-order valence-corrected chi connectivity index (χ1v) is 5.14. The van der Waals surface area contributed by atoms with E-state index in [2.05, 4.69) is 12.1 Å². The molecule has 2 atom stereocenters. The maximum atomic E-state index is 9.35. The van der Waals surface area contributed by atoms with E-state index in [1.807, 2.05) is 18.2 Å². The van der Waals surface area contributed by atoms with Crippen LogP contribution in [0.4, 0.5) is 0 Å². The fourth-order valence-electron chi connectivity index (χ4n) is 1.26. The van der Waals surface area contributed by atoms with E-state index in [9.17, 15) is 5.11 Å². The van der Waals surface area contributed by atoms with Gasteiger partial charge in [0.1, 0.15) is 0 Å². The first kappa shape index (κ1) is 8.14. The van der Waals surface area contributed by atoms with E-state index >= 15 is 0 Å². The molecule has 0 bridgehead atoms. The van der Waals surface area contributed by atoms with Gasteiger partial charge in [-0.15, -0.1) is 11.8 Å². The Labute approximate surface area is 76.8 Å². The minimum atomic E-state index is -0.0739. The van der Waals surface area contributed by atoms with Crippen LogP contribution in [0.25, 0.3) is 0 Å². The second-order valence-electron chi connectivity index (χ2n) is 3.11. The van der Waals surface area contributed by atoms with Gasteiger partial charge in [-0.1, -0.05) is 18.2 Å². The number of aliphatic hydroxyl groups excluding tert-OH is 1. The van der Waals surface area contributed by atoms with E-state index in [4.69, 9.17) is 0 Å². The maximum absolute atomic E-state index is 9.35. The van der Waals surface area contributed by atoms with Crippen LogP contribution in [0.3, 0.4) is 0 Å². The topological polar surface area (TPSA) is 20.2 Å². The summed E-state index contributed by atoms with van der Waals surface area (Å²) in [5.74, 6) is 0. The van der Waals surface area contributed by atoms with E-state index in [0.29, 0.717) is 5.25 Å². The van der Waals surface area contributed by atoms with Crippen LogP contribution in [0.2, 0.25) is 0 Å². The van der Waals surface area contributed by atoms with Crippen LogP contribution < -0.4 is 0 Å². The summed E-state index contributed by atoms with van der Waals surface area (Å²) in [6.07, 6.45) is 2.06. The minimum absolute atomic E-state index is 0.0739. The van der Waals surface area contributed by atoms with Crippen LogP contribution in [-0.2, 0) is 0 Å². The Kier molecular flexibility index (Phi) is 2.38. The molecule has 1 aliphatic carbocycles. The normalized spacial score (nSPS) is 28.1. The third-order valence-electron chi connectivity index (χ3n) is 2.21. The molecule has 0 saturated heterocycles. The van der Waals surface area contributed by atoms with E-state index in [1.54, 1.807) is 11.8 Å². The number of aliphatic hydroxyl groups is 1. The Hall–Kier alpha value is -0.470. The molecule has 0 radical (unpaired) electrons. The van der Waals surface area contributed by atoms with E-state index in [-0.39, 0.29) is 6.10 Å². The second kappa shape index (κ2) is 3.50. The molecule has 1 N–H and O–H groups in total. The molecule has 1 nitrogen and oxygen atoms in total. The molecule has 0 aromatic heterocycles. The van der Waals surface area contributed by atoms with Gasteiger partial charge in [-0.3, -0.25) is 0 Å². The van der Waals surface area contributed by atoms with E-state index in [1.165, 1.54) is 4.90 Å². The fraction of sp³-hybridized carbons (Fsp3) is 0.400. The molecule has 1 saturated carbocycles. The van der Waals surface area contributed by atoms with E-state index in [0.717, 1.165) is 12.8 Å². The smallest absolute Gasteiger partial charge is 0.0662 e. The molecule has 1 aromatic carbocycles. The van der Waals surface area contributed by atoms with Crippen LogP contribution in [-0.4, -0.2) is 16.5 Å². The molecule has 12 heavy (non-hydrogen) atoms. The predicted octanol–water partition coefficient (Wildman–Crippen LogP) is 2.30. The summed E-state index contributed by atoms with van der Waals surface area (Å²) >= 11 is 1.79. The van der Waals surface area contributed by atoms with Crippen LogP contribution in [0.1, 0.15) is 12.8 Å².